The molecule has 2 aromatic rings. The Bertz CT molecular complexity index is 983. The highest BCUT2D eigenvalue weighted by atomic mass is 35.5. The molecule has 1 atom stereocenters. The third-order valence-corrected chi connectivity index (χ3v) is 6.22. The van der Waals surface area contributed by atoms with Gasteiger partial charge < -0.3 is 19.7 Å². The lowest BCUT2D eigenvalue weighted by atomic mass is 10.1. The zero-order valence-corrected chi connectivity index (χ0v) is 20.5. The van der Waals surface area contributed by atoms with E-state index in [2.05, 4.69) is 12.2 Å². The SMILES string of the molecule is CCCCNC(=O)[C@@H](CC)N(Cc1ccc(Cl)cc1Cl)C(=O)CCc1ccc2c(c1)OCO2. The molecule has 1 N–H and O–H groups in total. The predicted molar refractivity (Wildman–Crippen MR) is 130 cm³/mol. The Labute approximate surface area is 205 Å². The van der Waals surface area contributed by atoms with Gasteiger partial charge in [0, 0.05) is 29.6 Å². The molecule has 0 spiro atoms. The second kappa shape index (κ2) is 12.1. The van der Waals surface area contributed by atoms with Crippen molar-refractivity contribution in [1.82, 2.24) is 10.2 Å². The van der Waals surface area contributed by atoms with Crippen LogP contribution in [0.2, 0.25) is 10.0 Å². The van der Waals surface area contributed by atoms with Crippen LogP contribution in [0.3, 0.4) is 0 Å². The first-order valence-electron chi connectivity index (χ1n) is 11.3. The summed E-state index contributed by atoms with van der Waals surface area (Å²) in [5.74, 6) is 1.13. The molecule has 0 radical (unpaired) electrons. The van der Waals surface area contributed by atoms with E-state index in [1.807, 2.05) is 25.1 Å². The molecule has 6 nitrogen and oxygen atoms in total. The Balaban J connectivity index is 1.76. The van der Waals surface area contributed by atoms with Gasteiger partial charge in [0.25, 0.3) is 0 Å². The van der Waals surface area contributed by atoms with E-state index < -0.39 is 6.04 Å². The maximum absolute atomic E-state index is 13.4. The summed E-state index contributed by atoms with van der Waals surface area (Å²) in [6, 6.07) is 10.3. The molecule has 1 aliphatic heterocycles. The van der Waals surface area contributed by atoms with E-state index in [-0.39, 0.29) is 31.6 Å². The van der Waals surface area contributed by atoms with Crippen molar-refractivity contribution in [2.75, 3.05) is 13.3 Å². The van der Waals surface area contributed by atoms with Gasteiger partial charge in [0.05, 0.1) is 0 Å². The quantitative estimate of drug-likeness (QED) is 0.427. The fourth-order valence-corrected chi connectivity index (χ4v) is 4.22. The number of aryl methyl sites for hydroxylation is 1. The van der Waals surface area contributed by atoms with Crippen LogP contribution in [0.25, 0.3) is 0 Å². The van der Waals surface area contributed by atoms with Gasteiger partial charge in [-0.2, -0.15) is 0 Å². The average molecular weight is 493 g/mol. The largest absolute Gasteiger partial charge is 0.454 e. The van der Waals surface area contributed by atoms with Gasteiger partial charge in [0.1, 0.15) is 6.04 Å². The summed E-state index contributed by atoms with van der Waals surface area (Å²) in [4.78, 5) is 28.0. The monoisotopic (exact) mass is 492 g/mol. The number of unbranched alkanes of at least 4 members (excludes halogenated alkanes) is 1. The highest BCUT2D eigenvalue weighted by molar-refractivity contribution is 6.35. The van der Waals surface area contributed by atoms with Gasteiger partial charge in [-0.05, 0) is 54.7 Å². The van der Waals surface area contributed by atoms with Gasteiger partial charge in [0.15, 0.2) is 11.5 Å². The second-order valence-corrected chi connectivity index (χ2v) is 8.86. The number of halogens is 2. The number of carbonyl (C=O) groups excluding carboxylic acids is 2. The number of ether oxygens (including phenoxy) is 2. The van der Waals surface area contributed by atoms with E-state index in [1.54, 1.807) is 23.1 Å². The van der Waals surface area contributed by atoms with Crippen LogP contribution in [-0.2, 0) is 22.6 Å². The fourth-order valence-electron chi connectivity index (χ4n) is 3.75. The molecule has 0 unspecified atom stereocenters. The molecular weight excluding hydrogens is 463 g/mol. The van der Waals surface area contributed by atoms with Crippen LogP contribution in [0.15, 0.2) is 36.4 Å². The van der Waals surface area contributed by atoms with Crippen molar-refractivity contribution in [1.29, 1.82) is 0 Å². The number of nitrogens with zero attached hydrogens (tertiary/aromatic N) is 1. The van der Waals surface area contributed by atoms with E-state index in [9.17, 15) is 9.59 Å². The Morgan fingerprint density at radius 2 is 1.88 bits per heavy atom. The first-order chi connectivity index (χ1) is 15.9. The van der Waals surface area contributed by atoms with Crippen molar-refractivity contribution in [2.45, 2.75) is 58.5 Å². The smallest absolute Gasteiger partial charge is 0.242 e. The van der Waals surface area contributed by atoms with Crippen LogP contribution in [-0.4, -0.2) is 36.1 Å². The summed E-state index contributed by atoms with van der Waals surface area (Å²) in [7, 11) is 0. The number of carbonyl (C=O) groups is 2. The van der Waals surface area contributed by atoms with Gasteiger partial charge in [0.2, 0.25) is 18.6 Å². The topological polar surface area (TPSA) is 67.9 Å². The van der Waals surface area contributed by atoms with Crippen molar-refractivity contribution in [3.63, 3.8) is 0 Å². The third kappa shape index (κ3) is 6.78. The van der Waals surface area contributed by atoms with Crippen LogP contribution >= 0.6 is 23.2 Å². The first-order valence-corrected chi connectivity index (χ1v) is 12.1. The van der Waals surface area contributed by atoms with Crippen molar-refractivity contribution in [3.8, 4) is 11.5 Å². The molecule has 0 aliphatic carbocycles. The number of amides is 2. The lowest BCUT2D eigenvalue weighted by molar-refractivity contribution is -0.141. The Morgan fingerprint density at radius 3 is 2.61 bits per heavy atom. The molecule has 2 amide bonds. The minimum atomic E-state index is -0.585. The van der Waals surface area contributed by atoms with Crippen molar-refractivity contribution < 1.29 is 19.1 Å². The molecule has 33 heavy (non-hydrogen) atoms. The van der Waals surface area contributed by atoms with Crippen molar-refractivity contribution >= 4 is 35.0 Å². The number of nitrogens with one attached hydrogen (secondary N) is 1. The Morgan fingerprint density at radius 1 is 1.09 bits per heavy atom. The van der Waals surface area contributed by atoms with Gasteiger partial charge in [-0.25, -0.2) is 0 Å². The minimum Gasteiger partial charge on any atom is -0.454 e. The number of fused-ring (bicyclic) bond motifs is 1. The van der Waals surface area contributed by atoms with E-state index in [4.69, 9.17) is 32.7 Å². The minimum absolute atomic E-state index is 0.115. The van der Waals surface area contributed by atoms with Crippen molar-refractivity contribution in [3.05, 3.63) is 57.6 Å². The summed E-state index contributed by atoms with van der Waals surface area (Å²) in [5, 5.41) is 3.96. The molecule has 0 fully saturated rings. The highest BCUT2D eigenvalue weighted by Crippen LogP contribution is 2.33. The summed E-state index contributed by atoms with van der Waals surface area (Å²) in [6.45, 7) is 5.00. The molecule has 3 rings (SSSR count). The highest BCUT2D eigenvalue weighted by Gasteiger charge is 2.29. The van der Waals surface area contributed by atoms with Crippen molar-refractivity contribution in [2.24, 2.45) is 0 Å². The standard InChI is InChI=1S/C25H30Cl2N2O4/c1-3-5-12-28-25(31)21(4-2)29(15-18-8-9-19(26)14-20(18)27)24(30)11-7-17-6-10-22-23(13-17)33-16-32-22/h6,8-10,13-14,21H,3-5,7,11-12,15-16H2,1-2H3,(H,28,31)/t21-/m1/s1. The summed E-state index contributed by atoms with van der Waals surface area (Å²) in [5.41, 5.74) is 1.72. The Hall–Kier alpha value is -2.44. The molecule has 2 aromatic carbocycles. The second-order valence-electron chi connectivity index (χ2n) is 8.01. The average Bonchev–Trinajstić information content (AvgIpc) is 3.27. The molecule has 0 bridgehead atoms. The molecule has 8 heteroatoms. The van der Waals surface area contributed by atoms with Crippen LogP contribution in [0.4, 0.5) is 0 Å². The maximum Gasteiger partial charge on any atom is 0.242 e. The molecule has 0 aromatic heterocycles. The third-order valence-electron chi connectivity index (χ3n) is 5.64. The molecular formula is C25H30Cl2N2O4. The lowest BCUT2D eigenvalue weighted by Crippen LogP contribution is -2.49. The summed E-state index contributed by atoms with van der Waals surface area (Å²) in [6.07, 6.45) is 3.15. The van der Waals surface area contributed by atoms with Crippen LogP contribution < -0.4 is 14.8 Å². The van der Waals surface area contributed by atoms with E-state index in [1.165, 1.54) is 0 Å². The van der Waals surface area contributed by atoms with Gasteiger partial charge in [-0.15, -0.1) is 0 Å². The predicted octanol–water partition coefficient (Wildman–Crippen LogP) is 5.38. The van der Waals surface area contributed by atoms with Crippen LogP contribution in [0.1, 0.15) is 50.7 Å². The van der Waals surface area contributed by atoms with E-state index in [0.29, 0.717) is 40.9 Å². The number of hydrogen-bond acceptors (Lipinski definition) is 4. The Kier molecular flexibility index (Phi) is 9.27. The van der Waals surface area contributed by atoms with Gasteiger partial charge in [-0.3, -0.25) is 9.59 Å². The van der Waals surface area contributed by atoms with Crippen LogP contribution in [0.5, 0.6) is 11.5 Å². The maximum atomic E-state index is 13.4. The molecule has 1 heterocycles. The summed E-state index contributed by atoms with van der Waals surface area (Å²) < 4.78 is 10.8. The molecule has 0 saturated heterocycles. The summed E-state index contributed by atoms with van der Waals surface area (Å²) >= 11 is 12.4. The zero-order valence-electron chi connectivity index (χ0n) is 19.0. The normalized spacial score (nSPS) is 13.0. The van der Waals surface area contributed by atoms with Crippen LogP contribution in [0, 0.1) is 0 Å². The number of benzene rings is 2. The zero-order chi connectivity index (χ0) is 23.8. The molecule has 178 valence electrons. The number of hydrogen-bond donors (Lipinski definition) is 1. The number of rotatable bonds is 11. The first kappa shape index (κ1) is 25.2. The van der Waals surface area contributed by atoms with E-state index >= 15 is 0 Å². The lowest BCUT2D eigenvalue weighted by Gasteiger charge is -2.31. The molecule has 0 saturated carbocycles. The van der Waals surface area contributed by atoms with Gasteiger partial charge in [-0.1, -0.05) is 55.6 Å². The van der Waals surface area contributed by atoms with E-state index in [0.717, 1.165) is 24.0 Å². The van der Waals surface area contributed by atoms with Gasteiger partial charge >= 0.3 is 0 Å². The molecule has 1 aliphatic rings. The fraction of sp³-hybridized carbons (Fsp3) is 0.440.